The Labute approximate surface area is 129 Å². The molecule has 0 aromatic heterocycles. The van der Waals surface area contributed by atoms with Crippen LogP contribution >= 0.6 is 0 Å². The Hall–Kier alpha value is -1.37. The zero-order valence-corrected chi connectivity index (χ0v) is 14.3. The Balaban J connectivity index is 2.61. The topological polar surface area (TPSA) is 17.1 Å². The van der Waals surface area contributed by atoms with Gasteiger partial charge in [0.05, 0.1) is 0 Å². The van der Waals surface area contributed by atoms with Gasteiger partial charge in [-0.1, -0.05) is 59.7 Å². The quantitative estimate of drug-likeness (QED) is 0.545. The maximum absolute atomic E-state index is 10.9. The molecule has 114 valence electrons. The van der Waals surface area contributed by atoms with Gasteiger partial charge in [0.25, 0.3) is 0 Å². The highest BCUT2D eigenvalue weighted by molar-refractivity contribution is 5.82. The fourth-order valence-corrected chi connectivity index (χ4v) is 3.46. The van der Waals surface area contributed by atoms with Crippen molar-refractivity contribution in [3.63, 3.8) is 0 Å². The fraction of sp³-hybridized carbons (Fsp3) is 0.550. The lowest BCUT2D eigenvalue weighted by molar-refractivity contribution is -0.104. The minimum atomic E-state index is 0.212. The van der Waals surface area contributed by atoms with Crippen LogP contribution in [0.25, 0.3) is 5.57 Å². The van der Waals surface area contributed by atoms with Crippen LogP contribution in [0, 0.1) is 5.92 Å². The predicted octanol–water partition coefficient (Wildman–Crippen LogP) is 5.27. The normalized spacial score (nSPS) is 20.2. The van der Waals surface area contributed by atoms with E-state index in [4.69, 9.17) is 0 Å². The molecule has 0 heterocycles. The van der Waals surface area contributed by atoms with Gasteiger partial charge in [0.1, 0.15) is 6.29 Å². The molecule has 1 aliphatic rings. The first-order valence-electron chi connectivity index (χ1n) is 8.00. The molecular weight excluding hydrogens is 256 g/mol. The summed E-state index contributed by atoms with van der Waals surface area (Å²) >= 11 is 0. The third-order valence-electron chi connectivity index (χ3n) is 5.06. The van der Waals surface area contributed by atoms with Crippen LogP contribution in [-0.2, 0) is 15.6 Å². The van der Waals surface area contributed by atoms with E-state index in [-0.39, 0.29) is 10.8 Å². The van der Waals surface area contributed by atoms with Crippen LogP contribution in [0.4, 0.5) is 0 Å². The van der Waals surface area contributed by atoms with Gasteiger partial charge < -0.3 is 0 Å². The lowest BCUT2D eigenvalue weighted by Crippen LogP contribution is -2.33. The average Bonchev–Trinajstić information content (AvgIpc) is 2.41. The molecule has 0 N–H and O–H groups in total. The van der Waals surface area contributed by atoms with Gasteiger partial charge in [-0.15, -0.1) is 0 Å². The van der Waals surface area contributed by atoms with E-state index in [9.17, 15) is 4.79 Å². The van der Waals surface area contributed by atoms with E-state index in [2.05, 4.69) is 59.7 Å². The number of allylic oxidation sites excluding steroid dienone is 2. The Morgan fingerprint density at radius 3 is 2.14 bits per heavy atom. The van der Waals surface area contributed by atoms with E-state index in [0.717, 1.165) is 11.9 Å². The van der Waals surface area contributed by atoms with Gasteiger partial charge in [-0.25, -0.2) is 0 Å². The van der Waals surface area contributed by atoms with Crippen molar-refractivity contribution in [1.82, 2.24) is 0 Å². The molecule has 0 saturated heterocycles. The number of fused-ring (bicyclic) bond motifs is 1. The van der Waals surface area contributed by atoms with Crippen LogP contribution in [0.3, 0.4) is 0 Å². The number of rotatable bonds is 3. The van der Waals surface area contributed by atoms with Gasteiger partial charge in [0.2, 0.25) is 0 Å². The van der Waals surface area contributed by atoms with E-state index in [0.29, 0.717) is 5.92 Å². The smallest absolute Gasteiger partial charge is 0.143 e. The second kappa shape index (κ2) is 5.44. The number of carbonyl (C=O) groups is 1. The highest BCUT2D eigenvalue weighted by Gasteiger charge is 2.37. The van der Waals surface area contributed by atoms with Gasteiger partial charge in [-0.05, 0) is 57.9 Å². The van der Waals surface area contributed by atoms with Crippen LogP contribution in [-0.4, -0.2) is 6.29 Å². The fourth-order valence-electron chi connectivity index (χ4n) is 3.46. The first-order chi connectivity index (χ1) is 9.69. The molecule has 1 aromatic carbocycles. The molecule has 0 radical (unpaired) electrons. The van der Waals surface area contributed by atoms with Crippen molar-refractivity contribution < 1.29 is 4.79 Å². The summed E-state index contributed by atoms with van der Waals surface area (Å²) in [5.74, 6) is 0.355. The SMILES string of the molecule is CC(C)C(=CC=O)c1ccc2c(c1)C(C)(C)CCC2(C)C. The third-order valence-corrected chi connectivity index (χ3v) is 5.06. The van der Waals surface area contributed by atoms with Crippen LogP contribution in [0.1, 0.15) is 71.1 Å². The molecule has 0 unspecified atom stereocenters. The maximum atomic E-state index is 10.9. The van der Waals surface area contributed by atoms with Crippen LogP contribution < -0.4 is 0 Å². The van der Waals surface area contributed by atoms with E-state index >= 15 is 0 Å². The Kier molecular flexibility index (Phi) is 4.15. The monoisotopic (exact) mass is 284 g/mol. The largest absolute Gasteiger partial charge is 0.299 e. The molecule has 1 nitrogen and oxygen atoms in total. The van der Waals surface area contributed by atoms with Crippen molar-refractivity contribution in [3.8, 4) is 0 Å². The van der Waals surface area contributed by atoms with Gasteiger partial charge in [0, 0.05) is 0 Å². The highest BCUT2D eigenvalue weighted by Crippen LogP contribution is 2.46. The standard InChI is InChI=1S/C20H28O/c1-14(2)16(9-12-21)15-7-8-17-18(13-15)20(5,6)11-10-19(17,3)4/h7-9,12-14H,10-11H2,1-6H3. The Bertz CT molecular complexity index is 574. The third kappa shape index (κ3) is 2.97. The predicted molar refractivity (Wildman–Crippen MR) is 90.6 cm³/mol. The molecule has 1 heteroatoms. The summed E-state index contributed by atoms with van der Waals surface area (Å²) < 4.78 is 0. The van der Waals surface area contributed by atoms with Crippen LogP contribution in [0.2, 0.25) is 0 Å². The number of hydrogen-bond acceptors (Lipinski definition) is 1. The van der Waals surface area contributed by atoms with Gasteiger partial charge in [-0.3, -0.25) is 4.79 Å². The Morgan fingerprint density at radius 2 is 1.62 bits per heavy atom. The minimum Gasteiger partial charge on any atom is -0.299 e. The number of aldehydes is 1. The summed E-state index contributed by atoms with van der Waals surface area (Å²) in [6.07, 6.45) is 5.07. The molecule has 0 atom stereocenters. The first kappa shape index (κ1) is 16.0. The van der Waals surface area contributed by atoms with Crippen molar-refractivity contribution in [2.75, 3.05) is 0 Å². The zero-order chi connectivity index (χ0) is 15.8. The summed E-state index contributed by atoms with van der Waals surface area (Å²) in [4.78, 5) is 10.9. The first-order valence-corrected chi connectivity index (χ1v) is 8.00. The average molecular weight is 284 g/mol. The summed E-state index contributed by atoms with van der Waals surface area (Å²) in [7, 11) is 0. The molecular formula is C20H28O. The highest BCUT2D eigenvalue weighted by atomic mass is 16.1. The molecule has 0 spiro atoms. The van der Waals surface area contributed by atoms with Crippen molar-refractivity contribution in [1.29, 1.82) is 0 Å². The van der Waals surface area contributed by atoms with Crippen molar-refractivity contribution in [2.45, 2.75) is 65.2 Å². The van der Waals surface area contributed by atoms with Crippen molar-refractivity contribution >= 4 is 11.9 Å². The van der Waals surface area contributed by atoms with Crippen LogP contribution in [0.5, 0.6) is 0 Å². The molecule has 21 heavy (non-hydrogen) atoms. The second-order valence-electron chi connectivity index (χ2n) is 7.94. The van der Waals surface area contributed by atoms with Gasteiger partial charge in [0.15, 0.2) is 0 Å². The molecule has 0 fully saturated rings. The van der Waals surface area contributed by atoms with E-state index in [1.165, 1.54) is 29.5 Å². The molecule has 1 aromatic rings. The molecule has 0 aliphatic heterocycles. The molecule has 0 bridgehead atoms. The summed E-state index contributed by atoms with van der Waals surface area (Å²) in [6, 6.07) is 6.80. The number of carbonyl (C=O) groups excluding carboxylic acids is 1. The second-order valence-corrected chi connectivity index (χ2v) is 7.94. The van der Waals surface area contributed by atoms with E-state index in [1.54, 1.807) is 6.08 Å². The van der Waals surface area contributed by atoms with Gasteiger partial charge >= 0.3 is 0 Å². The van der Waals surface area contributed by atoms with Gasteiger partial charge in [-0.2, -0.15) is 0 Å². The summed E-state index contributed by atoms with van der Waals surface area (Å²) in [5, 5.41) is 0. The lowest BCUT2D eigenvalue weighted by atomic mass is 9.63. The molecule has 1 aliphatic carbocycles. The molecule has 0 amide bonds. The summed E-state index contributed by atoms with van der Waals surface area (Å²) in [5.41, 5.74) is 5.71. The lowest BCUT2D eigenvalue weighted by Gasteiger charge is -2.42. The zero-order valence-electron chi connectivity index (χ0n) is 14.3. The van der Waals surface area contributed by atoms with Crippen molar-refractivity contribution in [2.24, 2.45) is 5.92 Å². The van der Waals surface area contributed by atoms with Crippen LogP contribution in [0.15, 0.2) is 24.3 Å². The summed E-state index contributed by atoms with van der Waals surface area (Å²) in [6.45, 7) is 13.6. The van der Waals surface area contributed by atoms with E-state index < -0.39 is 0 Å². The molecule has 2 rings (SSSR count). The minimum absolute atomic E-state index is 0.212. The van der Waals surface area contributed by atoms with Crippen molar-refractivity contribution in [3.05, 3.63) is 41.0 Å². The Morgan fingerprint density at radius 1 is 1.05 bits per heavy atom. The molecule has 0 saturated carbocycles. The number of benzene rings is 1. The maximum Gasteiger partial charge on any atom is 0.143 e. The number of hydrogen-bond donors (Lipinski definition) is 0. The van der Waals surface area contributed by atoms with E-state index in [1.807, 2.05) is 0 Å².